The van der Waals surface area contributed by atoms with Gasteiger partial charge in [-0.1, -0.05) is 0 Å². The van der Waals surface area contributed by atoms with Gasteiger partial charge in [0.05, 0.1) is 12.6 Å². The highest BCUT2D eigenvalue weighted by atomic mass is 16.5. The minimum atomic E-state index is -0.398. The van der Waals surface area contributed by atoms with Gasteiger partial charge in [-0.25, -0.2) is 4.79 Å². The molecule has 0 aliphatic carbocycles. The topological polar surface area (TPSA) is 64.6 Å². The molecule has 1 atom stereocenters. The lowest BCUT2D eigenvalue weighted by Crippen LogP contribution is -2.27. The molecule has 0 aromatic carbocycles. The Labute approximate surface area is 89.4 Å². The van der Waals surface area contributed by atoms with Crippen LogP contribution in [-0.2, 0) is 19.1 Å². The second kappa shape index (κ2) is 7.84. The number of nitrogens with one attached hydrogen (secondary N) is 1. The van der Waals surface area contributed by atoms with Gasteiger partial charge in [0.2, 0.25) is 0 Å². The van der Waals surface area contributed by atoms with E-state index in [-0.39, 0.29) is 18.6 Å². The van der Waals surface area contributed by atoms with E-state index in [9.17, 15) is 9.59 Å². The molecule has 0 aliphatic heterocycles. The minimum absolute atomic E-state index is 0.0421. The summed E-state index contributed by atoms with van der Waals surface area (Å²) in [7, 11) is 0. The Morgan fingerprint density at radius 3 is 2.60 bits per heavy atom. The summed E-state index contributed by atoms with van der Waals surface area (Å²) in [5, 5.41) is 2.87. The largest absolute Gasteiger partial charge is 0.464 e. The van der Waals surface area contributed by atoms with Gasteiger partial charge in [-0.3, -0.25) is 4.79 Å². The fraction of sp³-hybridized carbons (Fsp3) is 0.600. The minimum Gasteiger partial charge on any atom is -0.464 e. The highest BCUT2D eigenvalue weighted by molar-refractivity contribution is 5.81. The van der Waals surface area contributed by atoms with Crippen molar-refractivity contribution in [2.75, 3.05) is 13.2 Å². The van der Waals surface area contributed by atoms with Crippen LogP contribution in [0.4, 0.5) is 0 Å². The molecule has 0 amide bonds. The number of hydrogen-bond donors (Lipinski definition) is 1. The summed E-state index contributed by atoms with van der Waals surface area (Å²) in [6.45, 7) is 5.54. The quantitative estimate of drug-likeness (QED) is 0.519. The number of hydrogen-bond acceptors (Lipinski definition) is 5. The zero-order valence-electron chi connectivity index (χ0n) is 9.28. The summed E-state index contributed by atoms with van der Waals surface area (Å²) in [5.74, 6) is -0.720. The van der Waals surface area contributed by atoms with Crippen LogP contribution in [0.2, 0.25) is 0 Å². The van der Waals surface area contributed by atoms with Gasteiger partial charge >= 0.3 is 11.9 Å². The molecular weight excluding hydrogens is 198 g/mol. The molecule has 0 spiro atoms. The van der Waals surface area contributed by atoms with E-state index in [1.165, 1.54) is 19.2 Å². The second-order valence-corrected chi connectivity index (χ2v) is 2.96. The normalized spacial score (nSPS) is 12.2. The first-order chi connectivity index (χ1) is 7.06. The molecule has 0 heterocycles. The van der Waals surface area contributed by atoms with Crippen LogP contribution in [0.25, 0.3) is 0 Å². The van der Waals surface area contributed by atoms with E-state index in [0.29, 0.717) is 6.61 Å². The van der Waals surface area contributed by atoms with Gasteiger partial charge in [0.25, 0.3) is 0 Å². The van der Waals surface area contributed by atoms with Crippen molar-refractivity contribution in [3.8, 4) is 0 Å². The smallest absolute Gasteiger partial charge is 0.332 e. The van der Waals surface area contributed by atoms with Crippen molar-refractivity contribution < 1.29 is 19.1 Å². The van der Waals surface area contributed by atoms with Crippen LogP contribution in [0, 0.1) is 0 Å². The highest BCUT2D eigenvalue weighted by Crippen LogP contribution is 1.86. The Balaban J connectivity index is 3.65. The van der Waals surface area contributed by atoms with Crippen LogP contribution in [0.5, 0.6) is 0 Å². The van der Waals surface area contributed by atoms with Gasteiger partial charge in [-0.2, -0.15) is 0 Å². The molecule has 0 unspecified atom stereocenters. The number of carbonyl (C=O) groups excluding carboxylic acids is 2. The summed E-state index contributed by atoms with van der Waals surface area (Å²) in [6, 6.07) is -0.0421. The van der Waals surface area contributed by atoms with E-state index in [2.05, 4.69) is 10.1 Å². The molecule has 1 N–H and O–H groups in total. The van der Waals surface area contributed by atoms with E-state index < -0.39 is 5.97 Å². The number of rotatable bonds is 6. The van der Waals surface area contributed by atoms with E-state index >= 15 is 0 Å². The molecule has 15 heavy (non-hydrogen) atoms. The van der Waals surface area contributed by atoms with E-state index in [0.717, 1.165) is 0 Å². The van der Waals surface area contributed by atoms with Crippen molar-refractivity contribution in [2.45, 2.75) is 26.8 Å². The maximum atomic E-state index is 10.9. The first-order valence-electron chi connectivity index (χ1n) is 4.79. The Morgan fingerprint density at radius 2 is 2.07 bits per heavy atom. The van der Waals surface area contributed by atoms with Crippen molar-refractivity contribution in [1.82, 2.24) is 5.32 Å². The van der Waals surface area contributed by atoms with E-state index in [1.54, 1.807) is 6.92 Å². The van der Waals surface area contributed by atoms with Gasteiger partial charge < -0.3 is 14.8 Å². The third-order valence-corrected chi connectivity index (χ3v) is 1.42. The maximum Gasteiger partial charge on any atom is 0.332 e. The zero-order valence-corrected chi connectivity index (χ0v) is 9.28. The van der Waals surface area contributed by atoms with Crippen molar-refractivity contribution >= 4 is 11.9 Å². The lowest BCUT2D eigenvalue weighted by Gasteiger charge is -2.10. The van der Waals surface area contributed by atoms with Crippen molar-refractivity contribution in [2.24, 2.45) is 0 Å². The molecule has 0 aromatic heterocycles. The van der Waals surface area contributed by atoms with Gasteiger partial charge in [0.1, 0.15) is 6.61 Å². The fourth-order valence-electron chi connectivity index (χ4n) is 0.761. The van der Waals surface area contributed by atoms with Gasteiger partial charge in [-0.15, -0.1) is 0 Å². The summed E-state index contributed by atoms with van der Waals surface area (Å²) < 4.78 is 9.43. The average Bonchev–Trinajstić information content (AvgIpc) is 2.15. The predicted molar refractivity (Wildman–Crippen MR) is 55.0 cm³/mol. The van der Waals surface area contributed by atoms with Crippen LogP contribution in [0.15, 0.2) is 12.3 Å². The molecule has 0 saturated heterocycles. The molecule has 86 valence electrons. The Kier molecular flexibility index (Phi) is 7.05. The first-order valence-corrected chi connectivity index (χ1v) is 4.79. The van der Waals surface area contributed by atoms with Crippen LogP contribution in [0.3, 0.4) is 0 Å². The zero-order chi connectivity index (χ0) is 11.7. The monoisotopic (exact) mass is 215 g/mol. The summed E-state index contributed by atoms with van der Waals surface area (Å²) in [4.78, 5) is 21.3. The maximum absolute atomic E-state index is 10.9. The second-order valence-electron chi connectivity index (χ2n) is 2.96. The Bertz CT molecular complexity index is 238. The van der Waals surface area contributed by atoms with E-state index in [4.69, 9.17) is 4.74 Å². The number of esters is 2. The van der Waals surface area contributed by atoms with Crippen LogP contribution in [0.1, 0.15) is 20.8 Å². The van der Waals surface area contributed by atoms with E-state index in [1.807, 2.05) is 6.92 Å². The molecule has 0 bridgehead atoms. The molecule has 0 rings (SSSR count). The van der Waals surface area contributed by atoms with Crippen molar-refractivity contribution in [1.29, 1.82) is 0 Å². The first kappa shape index (κ1) is 13.5. The lowest BCUT2D eigenvalue weighted by molar-refractivity contribution is -0.141. The lowest BCUT2D eigenvalue weighted by atomic mass is 10.4. The van der Waals surface area contributed by atoms with Crippen molar-refractivity contribution in [3.05, 3.63) is 12.3 Å². The predicted octanol–water partition coefficient (Wildman–Crippen LogP) is 0.604. The summed E-state index contributed by atoms with van der Waals surface area (Å²) in [5.41, 5.74) is 0. The molecule has 0 aromatic rings. The molecule has 0 saturated carbocycles. The third-order valence-electron chi connectivity index (χ3n) is 1.42. The molecule has 5 nitrogen and oxygen atoms in total. The SMILES string of the molecule is CCOC(=O)/C=C\N[C@@H](C)COC(C)=O. The number of carbonyl (C=O) groups is 2. The third kappa shape index (κ3) is 8.80. The average molecular weight is 215 g/mol. The van der Waals surface area contributed by atoms with Gasteiger partial charge in [0, 0.05) is 19.2 Å². The summed E-state index contributed by atoms with van der Waals surface area (Å²) in [6.07, 6.45) is 2.76. The van der Waals surface area contributed by atoms with Crippen molar-refractivity contribution in [3.63, 3.8) is 0 Å². The highest BCUT2D eigenvalue weighted by Gasteiger charge is 2.01. The van der Waals surface area contributed by atoms with Gasteiger partial charge in [-0.05, 0) is 13.8 Å². The summed E-state index contributed by atoms with van der Waals surface area (Å²) >= 11 is 0. The van der Waals surface area contributed by atoms with Crippen LogP contribution >= 0.6 is 0 Å². The Hall–Kier alpha value is -1.52. The molecule has 0 fully saturated rings. The molecule has 5 heteroatoms. The Morgan fingerprint density at radius 1 is 1.40 bits per heavy atom. The van der Waals surface area contributed by atoms with Crippen LogP contribution < -0.4 is 5.32 Å². The van der Waals surface area contributed by atoms with Gasteiger partial charge in [0.15, 0.2) is 0 Å². The molecule has 0 radical (unpaired) electrons. The fourth-order valence-corrected chi connectivity index (χ4v) is 0.761. The standard InChI is InChI=1S/C10H17NO4/c1-4-14-10(13)5-6-11-8(2)7-15-9(3)12/h5-6,8,11H,4,7H2,1-3H3/b6-5-/t8-/m0/s1. The van der Waals surface area contributed by atoms with Crippen LogP contribution in [-0.4, -0.2) is 31.2 Å². The number of ether oxygens (including phenoxy) is 2. The molecular formula is C10H17NO4. The molecule has 0 aliphatic rings.